The summed E-state index contributed by atoms with van der Waals surface area (Å²) in [5, 5.41) is 0.767. The van der Waals surface area contributed by atoms with Gasteiger partial charge in [0.25, 0.3) is 0 Å². The number of hydrogen-bond acceptors (Lipinski definition) is 2. The van der Waals surface area contributed by atoms with Gasteiger partial charge in [0.05, 0.1) is 6.61 Å². The van der Waals surface area contributed by atoms with E-state index in [0.29, 0.717) is 0 Å². The average molecular weight is 299 g/mol. The van der Waals surface area contributed by atoms with Crippen LogP contribution in [0.2, 0.25) is 5.02 Å². The van der Waals surface area contributed by atoms with Crippen LogP contribution in [0, 0.1) is 12.3 Å². The van der Waals surface area contributed by atoms with E-state index >= 15 is 0 Å². The van der Waals surface area contributed by atoms with Gasteiger partial charge in [-0.15, -0.1) is 0 Å². The number of rotatable bonds is 4. The molecule has 0 bridgehead atoms. The third-order valence-corrected chi connectivity index (χ3v) is 5.08. The number of halogens is 1. The highest BCUT2D eigenvalue weighted by molar-refractivity contribution is 7.80. The maximum absolute atomic E-state index is 6.07. The molecular weight excluding hydrogens is 276 g/mol. The molecule has 0 amide bonds. The Balaban J connectivity index is 2.02. The van der Waals surface area contributed by atoms with Crippen molar-refractivity contribution in [1.29, 1.82) is 0 Å². The minimum atomic E-state index is 0.256. The molecule has 0 aliphatic heterocycles. The van der Waals surface area contributed by atoms with E-state index in [2.05, 4.69) is 12.6 Å². The third kappa shape index (κ3) is 4.06. The fraction of sp³-hybridized carbons (Fsp3) is 0.625. The van der Waals surface area contributed by atoms with Gasteiger partial charge in [-0.2, -0.15) is 12.6 Å². The highest BCUT2D eigenvalue weighted by Crippen LogP contribution is 2.37. The highest BCUT2D eigenvalue weighted by Gasteiger charge is 2.30. The van der Waals surface area contributed by atoms with Crippen molar-refractivity contribution in [3.05, 3.63) is 28.8 Å². The molecule has 3 heteroatoms. The van der Waals surface area contributed by atoms with Crippen LogP contribution in [0.25, 0.3) is 0 Å². The fourth-order valence-electron chi connectivity index (χ4n) is 2.83. The molecule has 19 heavy (non-hydrogen) atoms. The molecule has 0 N–H and O–H groups in total. The molecule has 0 aromatic heterocycles. The van der Waals surface area contributed by atoms with E-state index in [-0.39, 0.29) is 5.41 Å². The van der Waals surface area contributed by atoms with Gasteiger partial charge >= 0.3 is 0 Å². The van der Waals surface area contributed by atoms with Crippen LogP contribution in [-0.2, 0) is 0 Å². The maximum Gasteiger partial charge on any atom is 0.122 e. The Bertz CT molecular complexity index is 411. The smallest absolute Gasteiger partial charge is 0.122 e. The summed E-state index contributed by atoms with van der Waals surface area (Å²) in [6, 6.07) is 5.82. The lowest BCUT2D eigenvalue weighted by molar-refractivity contribution is 0.147. The van der Waals surface area contributed by atoms with E-state index in [1.807, 2.05) is 25.1 Å². The van der Waals surface area contributed by atoms with Crippen molar-refractivity contribution in [2.75, 3.05) is 12.4 Å². The summed E-state index contributed by atoms with van der Waals surface area (Å²) >= 11 is 10.6. The highest BCUT2D eigenvalue weighted by atomic mass is 35.5. The second kappa shape index (κ2) is 6.90. The molecule has 1 aliphatic rings. The molecule has 1 aliphatic carbocycles. The molecule has 0 unspecified atom stereocenters. The lowest BCUT2D eigenvalue weighted by Crippen LogP contribution is -2.30. The van der Waals surface area contributed by atoms with E-state index in [4.69, 9.17) is 16.3 Å². The standard InChI is InChI=1S/C16H23ClOS/c1-13-10-14(17)6-7-15(13)18-11-16(12-19)8-4-2-3-5-9-16/h6-7,10,19H,2-5,8-9,11-12H2,1H3. The summed E-state index contributed by atoms with van der Waals surface area (Å²) in [5.74, 6) is 1.87. The second-order valence-corrected chi connectivity index (χ2v) is 6.52. The molecule has 2 rings (SSSR count). The van der Waals surface area contributed by atoms with Crippen LogP contribution < -0.4 is 4.74 Å². The van der Waals surface area contributed by atoms with Crippen LogP contribution in [0.5, 0.6) is 5.75 Å². The Kier molecular flexibility index (Phi) is 5.47. The number of ether oxygens (including phenoxy) is 1. The summed E-state index contributed by atoms with van der Waals surface area (Å²) in [5.41, 5.74) is 1.36. The molecule has 0 radical (unpaired) electrons. The lowest BCUT2D eigenvalue weighted by atomic mass is 9.83. The Morgan fingerprint density at radius 3 is 2.47 bits per heavy atom. The van der Waals surface area contributed by atoms with Crippen LogP contribution in [0.15, 0.2) is 18.2 Å². The van der Waals surface area contributed by atoms with Crippen molar-refractivity contribution in [1.82, 2.24) is 0 Å². The van der Waals surface area contributed by atoms with E-state index < -0.39 is 0 Å². The summed E-state index contributed by atoms with van der Waals surface area (Å²) < 4.78 is 6.07. The largest absolute Gasteiger partial charge is 0.493 e. The van der Waals surface area contributed by atoms with Crippen LogP contribution in [-0.4, -0.2) is 12.4 Å². The van der Waals surface area contributed by atoms with Crippen LogP contribution in [0.1, 0.15) is 44.1 Å². The van der Waals surface area contributed by atoms with Crippen molar-refractivity contribution in [3.63, 3.8) is 0 Å². The first-order valence-corrected chi connectivity index (χ1v) is 8.16. The van der Waals surface area contributed by atoms with Crippen molar-refractivity contribution in [3.8, 4) is 5.75 Å². The molecule has 1 aromatic rings. The quantitative estimate of drug-likeness (QED) is 0.586. The predicted molar refractivity (Wildman–Crippen MR) is 85.7 cm³/mol. The van der Waals surface area contributed by atoms with Gasteiger partial charge in [-0.25, -0.2) is 0 Å². The SMILES string of the molecule is Cc1cc(Cl)ccc1OCC1(CS)CCCCCC1. The zero-order valence-electron chi connectivity index (χ0n) is 11.6. The van der Waals surface area contributed by atoms with Crippen LogP contribution in [0.4, 0.5) is 0 Å². The van der Waals surface area contributed by atoms with Crippen LogP contribution >= 0.6 is 24.2 Å². The third-order valence-electron chi connectivity index (χ3n) is 4.17. The molecular formula is C16H23ClOS. The van der Waals surface area contributed by atoms with Crippen molar-refractivity contribution < 1.29 is 4.74 Å². The first kappa shape index (κ1) is 15.1. The molecule has 1 fully saturated rings. The van der Waals surface area contributed by atoms with Gasteiger partial charge in [0.1, 0.15) is 5.75 Å². The lowest BCUT2D eigenvalue weighted by Gasteiger charge is -2.31. The van der Waals surface area contributed by atoms with Gasteiger partial charge in [-0.05, 0) is 49.3 Å². The first-order chi connectivity index (χ1) is 9.15. The molecule has 0 saturated heterocycles. The Morgan fingerprint density at radius 2 is 1.89 bits per heavy atom. The topological polar surface area (TPSA) is 9.23 Å². The predicted octanol–water partition coefficient (Wildman–Crippen LogP) is 5.30. The van der Waals surface area contributed by atoms with Crippen molar-refractivity contribution in [2.24, 2.45) is 5.41 Å². The fourth-order valence-corrected chi connectivity index (χ4v) is 3.47. The average Bonchev–Trinajstić information content (AvgIpc) is 2.64. The molecule has 0 spiro atoms. The van der Waals surface area contributed by atoms with Crippen molar-refractivity contribution in [2.45, 2.75) is 45.4 Å². The minimum absolute atomic E-state index is 0.256. The van der Waals surface area contributed by atoms with E-state index in [9.17, 15) is 0 Å². The summed E-state index contributed by atoms with van der Waals surface area (Å²) in [7, 11) is 0. The maximum atomic E-state index is 6.07. The van der Waals surface area contributed by atoms with E-state index in [0.717, 1.165) is 28.7 Å². The Labute approximate surface area is 127 Å². The van der Waals surface area contributed by atoms with Crippen molar-refractivity contribution >= 4 is 24.2 Å². The van der Waals surface area contributed by atoms with Gasteiger partial charge in [0.2, 0.25) is 0 Å². The molecule has 0 heterocycles. The second-order valence-electron chi connectivity index (χ2n) is 5.77. The first-order valence-electron chi connectivity index (χ1n) is 7.15. The Morgan fingerprint density at radius 1 is 1.21 bits per heavy atom. The zero-order valence-corrected chi connectivity index (χ0v) is 13.3. The summed E-state index contributed by atoms with van der Waals surface area (Å²) in [6.07, 6.45) is 7.81. The summed E-state index contributed by atoms with van der Waals surface area (Å²) in [6.45, 7) is 2.82. The minimum Gasteiger partial charge on any atom is -0.493 e. The number of benzene rings is 1. The number of hydrogen-bond donors (Lipinski definition) is 1. The molecule has 106 valence electrons. The van der Waals surface area contributed by atoms with Gasteiger partial charge in [-0.3, -0.25) is 0 Å². The van der Waals surface area contributed by atoms with Gasteiger partial charge < -0.3 is 4.74 Å². The zero-order chi connectivity index (χ0) is 13.7. The number of thiol groups is 1. The number of aryl methyl sites for hydroxylation is 1. The van der Waals surface area contributed by atoms with Gasteiger partial charge in [0, 0.05) is 10.4 Å². The van der Waals surface area contributed by atoms with Gasteiger partial charge in [0.15, 0.2) is 0 Å². The molecule has 0 atom stereocenters. The molecule has 1 saturated carbocycles. The monoisotopic (exact) mass is 298 g/mol. The molecule has 1 nitrogen and oxygen atoms in total. The summed E-state index contributed by atoms with van der Waals surface area (Å²) in [4.78, 5) is 0. The van der Waals surface area contributed by atoms with Crippen LogP contribution in [0.3, 0.4) is 0 Å². The van der Waals surface area contributed by atoms with E-state index in [1.165, 1.54) is 38.5 Å². The van der Waals surface area contributed by atoms with Gasteiger partial charge in [-0.1, -0.05) is 37.3 Å². The Hall–Kier alpha value is -0.340. The van der Waals surface area contributed by atoms with E-state index in [1.54, 1.807) is 0 Å². The normalized spacial score (nSPS) is 18.9. The molecule has 1 aromatic carbocycles.